The summed E-state index contributed by atoms with van der Waals surface area (Å²) in [4.78, 5) is 24.6. The Kier molecular flexibility index (Phi) is 11.8. The summed E-state index contributed by atoms with van der Waals surface area (Å²) >= 11 is 1.01. The summed E-state index contributed by atoms with van der Waals surface area (Å²) in [5, 5.41) is 9.80. The molecule has 0 rings (SSSR count). The van der Waals surface area contributed by atoms with Crippen LogP contribution in [0.25, 0.3) is 0 Å². The zero-order valence-electron chi connectivity index (χ0n) is 8.56. The normalized spacial score (nSPS) is 8.80. The van der Waals surface area contributed by atoms with Crippen molar-refractivity contribution in [2.24, 2.45) is 16.5 Å². The molecule has 0 spiro atoms. The van der Waals surface area contributed by atoms with Gasteiger partial charge in [-0.2, -0.15) is 0 Å². The predicted octanol–water partition coefficient (Wildman–Crippen LogP) is -4.95. The topological polar surface area (TPSA) is 122 Å². The zero-order chi connectivity index (χ0) is 11.0. The van der Waals surface area contributed by atoms with E-state index >= 15 is 0 Å². The number of carboxylic acids is 1. The van der Waals surface area contributed by atoms with Crippen LogP contribution in [0.1, 0.15) is 12.8 Å². The number of nitrogens with two attached hydrogens (primary N) is 2. The first-order chi connectivity index (χ1) is 6.52. The molecule has 0 radical (unpaired) electrons. The van der Waals surface area contributed by atoms with Gasteiger partial charge in [0.25, 0.3) is 0 Å². The van der Waals surface area contributed by atoms with E-state index in [2.05, 4.69) is 4.99 Å². The minimum atomic E-state index is -1.22. The number of rotatable bonds is 6. The predicted molar refractivity (Wildman–Crippen MR) is 52.4 cm³/mol. The van der Waals surface area contributed by atoms with Crippen LogP contribution >= 0.6 is 11.8 Å². The molecular formula is C7H12N3NaO3S. The van der Waals surface area contributed by atoms with Gasteiger partial charge in [-0.1, -0.05) is 11.8 Å². The number of carbonyl (C=O) groups is 2. The molecule has 80 valence electrons. The van der Waals surface area contributed by atoms with Gasteiger partial charge in [0.1, 0.15) is 0 Å². The summed E-state index contributed by atoms with van der Waals surface area (Å²) in [5.74, 6) is -0.792. The van der Waals surface area contributed by atoms with Crippen LogP contribution < -0.4 is 46.1 Å². The molecule has 0 unspecified atom stereocenters. The number of thioether (sulfide) groups is 1. The molecule has 0 aromatic rings. The Morgan fingerprint density at radius 3 is 2.33 bits per heavy atom. The molecule has 0 aliphatic heterocycles. The van der Waals surface area contributed by atoms with E-state index in [1.165, 1.54) is 0 Å². The molecule has 6 nitrogen and oxygen atoms in total. The Morgan fingerprint density at radius 1 is 1.27 bits per heavy atom. The molecule has 0 aliphatic carbocycles. The average molecular weight is 241 g/mol. The maximum atomic E-state index is 11.0. The average Bonchev–Trinajstić information content (AvgIpc) is 2.08. The van der Waals surface area contributed by atoms with Crippen molar-refractivity contribution in [1.29, 1.82) is 0 Å². The summed E-state index contributed by atoms with van der Waals surface area (Å²) in [7, 11) is 0. The number of carboxylic acid groups (broad SMARTS) is 1. The number of carbonyl (C=O) groups excluding carboxylic acids is 2. The molecular weight excluding hydrogens is 229 g/mol. The molecule has 8 heteroatoms. The van der Waals surface area contributed by atoms with E-state index in [1.54, 1.807) is 0 Å². The smallest absolute Gasteiger partial charge is 0.550 e. The minimum absolute atomic E-state index is 0. The quantitative estimate of drug-likeness (QED) is 0.208. The van der Waals surface area contributed by atoms with Crippen LogP contribution in [-0.4, -0.2) is 29.3 Å². The van der Waals surface area contributed by atoms with E-state index in [9.17, 15) is 14.7 Å². The zero-order valence-corrected chi connectivity index (χ0v) is 11.4. The molecule has 0 amide bonds. The Hall–Kier alpha value is -0.240. The van der Waals surface area contributed by atoms with Crippen LogP contribution in [0.15, 0.2) is 4.99 Å². The Labute approximate surface area is 114 Å². The number of hydrogen-bond acceptors (Lipinski definition) is 5. The fourth-order valence-electron chi connectivity index (χ4n) is 0.611. The van der Waals surface area contributed by atoms with Gasteiger partial charge in [0.05, 0.1) is 6.54 Å². The Bertz CT molecular complexity index is 244. The molecule has 0 bridgehead atoms. The number of aliphatic imine (C=N–C) groups is 1. The number of aliphatic carboxylic acids is 1. The number of nitrogens with zero attached hydrogens (tertiary/aromatic N) is 1. The summed E-state index contributed by atoms with van der Waals surface area (Å²) in [6.07, 6.45) is -0.261. The van der Waals surface area contributed by atoms with Crippen molar-refractivity contribution in [1.82, 2.24) is 0 Å². The largest absolute Gasteiger partial charge is 1.00 e. The fourth-order valence-corrected chi connectivity index (χ4v) is 1.27. The standard InChI is InChI=1S/C7H13N3O3S.Na/c8-7(9)10-3-4-14-6(13)2-1-5(11)12;/h1-4H2,(H,11,12)(H4,8,9,10);/q;+1/p-1. The molecule has 0 aliphatic rings. The van der Waals surface area contributed by atoms with Crippen molar-refractivity contribution < 1.29 is 44.3 Å². The van der Waals surface area contributed by atoms with Crippen molar-refractivity contribution in [2.45, 2.75) is 12.8 Å². The first-order valence-electron chi connectivity index (χ1n) is 3.93. The van der Waals surface area contributed by atoms with Crippen LogP contribution in [0.2, 0.25) is 0 Å². The van der Waals surface area contributed by atoms with Gasteiger partial charge in [0.2, 0.25) is 0 Å². The van der Waals surface area contributed by atoms with Crippen LogP contribution in [0.4, 0.5) is 0 Å². The van der Waals surface area contributed by atoms with Crippen molar-refractivity contribution >= 4 is 28.8 Å². The van der Waals surface area contributed by atoms with E-state index < -0.39 is 5.97 Å². The first-order valence-corrected chi connectivity index (χ1v) is 4.92. The van der Waals surface area contributed by atoms with E-state index in [4.69, 9.17) is 11.5 Å². The SMILES string of the molecule is NC(N)=NCCSC(=O)CCC(=O)[O-].[Na+]. The molecule has 0 atom stereocenters. The van der Waals surface area contributed by atoms with Crippen LogP contribution in [-0.2, 0) is 9.59 Å². The third-order valence-corrected chi connectivity index (χ3v) is 2.09. The molecule has 0 saturated heterocycles. The minimum Gasteiger partial charge on any atom is -0.550 e. The molecule has 4 N–H and O–H groups in total. The van der Waals surface area contributed by atoms with E-state index in [0.29, 0.717) is 12.3 Å². The number of hydrogen-bond donors (Lipinski definition) is 2. The summed E-state index contributed by atoms with van der Waals surface area (Å²) in [6.45, 7) is 0.351. The van der Waals surface area contributed by atoms with Gasteiger partial charge in [-0.3, -0.25) is 9.79 Å². The molecule has 0 heterocycles. The van der Waals surface area contributed by atoms with Crippen LogP contribution in [0, 0.1) is 0 Å². The van der Waals surface area contributed by atoms with E-state index in [-0.39, 0.29) is 53.5 Å². The molecule has 0 fully saturated rings. The molecule has 15 heavy (non-hydrogen) atoms. The van der Waals surface area contributed by atoms with Gasteiger partial charge in [-0.25, -0.2) is 0 Å². The van der Waals surface area contributed by atoms with Crippen LogP contribution in [0.3, 0.4) is 0 Å². The Balaban J connectivity index is 0. The van der Waals surface area contributed by atoms with E-state index in [0.717, 1.165) is 11.8 Å². The fraction of sp³-hybridized carbons (Fsp3) is 0.571. The summed E-state index contributed by atoms with van der Waals surface area (Å²) in [6, 6.07) is 0. The third-order valence-electron chi connectivity index (χ3n) is 1.18. The van der Waals surface area contributed by atoms with Gasteiger partial charge in [0, 0.05) is 18.1 Å². The van der Waals surface area contributed by atoms with Gasteiger partial charge >= 0.3 is 29.6 Å². The molecule has 0 saturated carbocycles. The second-order valence-corrected chi connectivity index (χ2v) is 3.55. The van der Waals surface area contributed by atoms with E-state index in [1.807, 2.05) is 0 Å². The maximum Gasteiger partial charge on any atom is 1.00 e. The number of guanidine groups is 1. The van der Waals surface area contributed by atoms with Gasteiger partial charge in [-0.15, -0.1) is 0 Å². The van der Waals surface area contributed by atoms with Gasteiger partial charge < -0.3 is 21.4 Å². The second-order valence-electron chi connectivity index (χ2n) is 2.40. The third kappa shape index (κ3) is 13.8. The van der Waals surface area contributed by atoms with Gasteiger partial charge in [-0.05, 0) is 6.42 Å². The summed E-state index contributed by atoms with van der Waals surface area (Å²) in [5.41, 5.74) is 10.1. The van der Waals surface area contributed by atoms with Crippen molar-refractivity contribution in [3.8, 4) is 0 Å². The molecule has 0 aromatic carbocycles. The van der Waals surface area contributed by atoms with Crippen molar-refractivity contribution in [2.75, 3.05) is 12.3 Å². The monoisotopic (exact) mass is 241 g/mol. The van der Waals surface area contributed by atoms with Crippen molar-refractivity contribution in [3.63, 3.8) is 0 Å². The first kappa shape index (κ1) is 17.2. The van der Waals surface area contributed by atoms with Crippen molar-refractivity contribution in [3.05, 3.63) is 0 Å². The van der Waals surface area contributed by atoms with Gasteiger partial charge in [0.15, 0.2) is 11.1 Å². The second kappa shape index (κ2) is 10.3. The van der Waals surface area contributed by atoms with Crippen LogP contribution in [0.5, 0.6) is 0 Å². The summed E-state index contributed by atoms with van der Waals surface area (Å²) < 4.78 is 0. The molecule has 0 aromatic heterocycles. The Morgan fingerprint density at radius 2 is 1.87 bits per heavy atom. The maximum absolute atomic E-state index is 11.0.